The zero-order valence-corrected chi connectivity index (χ0v) is 11.8. The van der Waals surface area contributed by atoms with Crippen LogP contribution in [-0.2, 0) is 6.42 Å². The number of H-pyrrole nitrogens is 1. The van der Waals surface area contributed by atoms with Crippen molar-refractivity contribution in [3.63, 3.8) is 0 Å². The lowest BCUT2D eigenvalue weighted by Crippen LogP contribution is -2.35. The summed E-state index contributed by atoms with van der Waals surface area (Å²) in [6.45, 7) is 7.14. The van der Waals surface area contributed by atoms with Gasteiger partial charge < -0.3 is 4.90 Å². The molecule has 0 radical (unpaired) electrons. The van der Waals surface area contributed by atoms with Crippen molar-refractivity contribution in [2.45, 2.75) is 40.0 Å². The van der Waals surface area contributed by atoms with E-state index >= 15 is 0 Å². The van der Waals surface area contributed by atoms with Gasteiger partial charge in [-0.15, -0.1) is 5.10 Å². The van der Waals surface area contributed by atoms with Gasteiger partial charge in [-0.1, -0.05) is 20.8 Å². The van der Waals surface area contributed by atoms with E-state index in [4.69, 9.17) is 5.26 Å². The molecule has 0 saturated heterocycles. The summed E-state index contributed by atoms with van der Waals surface area (Å²) in [5.74, 6) is 1.07. The highest BCUT2D eigenvalue weighted by atomic mass is 16.2. The molecular weight excluding hydrogens is 242 g/mol. The maximum atomic E-state index is 12.3. The van der Waals surface area contributed by atoms with Crippen LogP contribution < -0.4 is 0 Å². The van der Waals surface area contributed by atoms with Crippen LogP contribution in [0.15, 0.2) is 0 Å². The summed E-state index contributed by atoms with van der Waals surface area (Å²) < 4.78 is 0. The minimum atomic E-state index is -0.206. The molecule has 0 atom stereocenters. The van der Waals surface area contributed by atoms with E-state index in [0.29, 0.717) is 25.4 Å². The third kappa shape index (κ3) is 4.70. The van der Waals surface area contributed by atoms with Gasteiger partial charge in [-0.05, 0) is 12.3 Å². The molecule has 0 aliphatic rings. The summed E-state index contributed by atoms with van der Waals surface area (Å²) in [6.07, 6.45) is 2.06. The van der Waals surface area contributed by atoms with Gasteiger partial charge >= 0.3 is 0 Å². The molecule has 1 aromatic rings. The van der Waals surface area contributed by atoms with Gasteiger partial charge in [0, 0.05) is 19.5 Å². The molecule has 6 nitrogen and oxygen atoms in total. The van der Waals surface area contributed by atoms with E-state index in [0.717, 1.165) is 18.7 Å². The average molecular weight is 263 g/mol. The van der Waals surface area contributed by atoms with Crippen LogP contribution in [0.25, 0.3) is 0 Å². The Morgan fingerprint density at radius 1 is 1.53 bits per heavy atom. The van der Waals surface area contributed by atoms with E-state index < -0.39 is 0 Å². The van der Waals surface area contributed by atoms with Crippen molar-refractivity contribution in [2.24, 2.45) is 5.92 Å². The number of aromatic amines is 1. The van der Waals surface area contributed by atoms with E-state index in [2.05, 4.69) is 21.3 Å². The monoisotopic (exact) mass is 263 g/mol. The van der Waals surface area contributed by atoms with Gasteiger partial charge in [-0.3, -0.25) is 9.89 Å². The van der Waals surface area contributed by atoms with Gasteiger partial charge in [-0.25, -0.2) is 4.98 Å². The lowest BCUT2D eigenvalue weighted by molar-refractivity contribution is 0.0728. The zero-order chi connectivity index (χ0) is 14.3. The first-order valence-electron chi connectivity index (χ1n) is 6.66. The Kier molecular flexibility index (Phi) is 6.00. The molecule has 1 heterocycles. The van der Waals surface area contributed by atoms with Crippen LogP contribution in [0, 0.1) is 17.2 Å². The minimum Gasteiger partial charge on any atom is -0.335 e. The molecule has 19 heavy (non-hydrogen) atoms. The number of hydrogen-bond donors (Lipinski definition) is 1. The van der Waals surface area contributed by atoms with Crippen molar-refractivity contribution < 1.29 is 4.79 Å². The predicted octanol–water partition coefficient (Wildman–Crippen LogP) is 1.77. The van der Waals surface area contributed by atoms with Crippen molar-refractivity contribution in [3.05, 3.63) is 11.6 Å². The van der Waals surface area contributed by atoms with Crippen molar-refractivity contribution in [2.75, 3.05) is 13.1 Å². The molecule has 0 unspecified atom stereocenters. The summed E-state index contributed by atoms with van der Waals surface area (Å²) in [4.78, 5) is 18.1. The first kappa shape index (κ1) is 15.2. The van der Waals surface area contributed by atoms with E-state index in [-0.39, 0.29) is 11.7 Å². The van der Waals surface area contributed by atoms with Crippen LogP contribution in [0.1, 0.15) is 50.1 Å². The Morgan fingerprint density at radius 3 is 2.84 bits per heavy atom. The standard InChI is InChI=1S/C13H21N5O/c1-4-6-11-15-12(17-16-11)13(19)18(8-5-7-14)9-10(2)3/h10H,4-6,8-9H2,1-3H3,(H,15,16,17). The molecule has 0 saturated carbocycles. The van der Waals surface area contributed by atoms with Crippen molar-refractivity contribution in [1.82, 2.24) is 20.1 Å². The Morgan fingerprint density at radius 2 is 2.26 bits per heavy atom. The summed E-state index contributed by atoms with van der Waals surface area (Å²) in [7, 11) is 0. The molecule has 6 heteroatoms. The summed E-state index contributed by atoms with van der Waals surface area (Å²) in [6, 6.07) is 2.06. The van der Waals surface area contributed by atoms with E-state index in [1.54, 1.807) is 4.90 Å². The first-order valence-corrected chi connectivity index (χ1v) is 6.66. The smallest absolute Gasteiger partial charge is 0.293 e. The lowest BCUT2D eigenvalue weighted by atomic mass is 10.2. The third-order valence-corrected chi connectivity index (χ3v) is 2.58. The molecule has 0 bridgehead atoms. The SMILES string of the molecule is CCCc1nc(C(=O)N(CCC#N)CC(C)C)n[nH]1. The second kappa shape index (κ2) is 7.52. The Balaban J connectivity index is 2.76. The molecule has 1 aromatic heterocycles. The van der Waals surface area contributed by atoms with Gasteiger partial charge in [0.15, 0.2) is 0 Å². The van der Waals surface area contributed by atoms with Crippen molar-refractivity contribution >= 4 is 5.91 Å². The second-order valence-corrected chi connectivity index (χ2v) is 4.91. The number of rotatable bonds is 7. The van der Waals surface area contributed by atoms with Crippen LogP contribution in [0.5, 0.6) is 0 Å². The van der Waals surface area contributed by atoms with E-state index in [9.17, 15) is 4.79 Å². The fourth-order valence-corrected chi connectivity index (χ4v) is 1.78. The normalized spacial score (nSPS) is 10.5. The first-order chi connectivity index (χ1) is 9.08. The molecule has 1 N–H and O–H groups in total. The van der Waals surface area contributed by atoms with Crippen molar-refractivity contribution in [1.29, 1.82) is 5.26 Å². The molecule has 1 rings (SSSR count). The zero-order valence-electron chi connectivity index (χ0n) is 11.8. The fourth-order valence-electron chi connectivity index (χ4n) is 1.78. The molecule has 1 amide bonds. The van der Waals surface area contributed by atoms with Gasteiger partial charge in [0.1, 0.15) is 5.82 Å². The van der Waals surface area contributed by atoms with Gasteiger partial charge in [0.05, 0.1) is 12.5 Å². The van der Waals surface area contributed by atoms with Crippen LogP contribution in [0.4, 0.5) is 0 Å². The number of amides is 1. The number of nitriles is 1. The summed E-state index contributed by atoms with van der Waals surface area (Å²) in [5.41, 5.74) is 0. The molecule has 0 aliphatic heterocycles. The number of nitrogens with zero attached hydrogens (tertiary/aromatic N) is 4. The number of hydrogen-bond acceptors (Lipinski definition) is 4. The predicted molar refractivity (Wildman–Crippen MR) is 71.3 cm³/mol. The number of carbonyl (C=O) groups excluding carboxylic acids is 1. The summed E-state index contributed by atoms with van der Waals surface area (Å²) in [5, 5.41) is 15.4. The second-order valence-electron chi connectivity index (χ2n) is 4.91. The largest absolute Gasteiger partial charge is 0.335 e. The molecule has 0 fully saturated rings. The molecule has 104 valence electrons. The van der Waals surface area contributed by atoms with Crippen LogP contribution in [0.2, 0.25) is 0 Å². The highest BCUT2D eigenvalue weighted by Gasteiger charge is 2.20. The topological polar surface area (TPSA) is 85.7 Å². The minimum absolute atomic E-state index is 0.196. The number of aryl methyl sites for hydroxylation is 1. The molecule has 0 aromatic carbocycles. The quantitative estimate of drug-likeness (QED) is 0.812. The Labute approximate surface area is 113 Å². The van der Waals surface area contributed by atoms with Crippen molar-refractivity contribution in [3.8, 4) is 6.07 Å². The highest BCUT2D eigenvalue weighted by Crippen LogP contribution is 2.06. The molecule has 0 spiro atoms. The van der Waals surface area contributed by atoms with E-state index in [1.807, 2.05) is 20.8 Å². The highest BCUT2D eigenvalue weighted by molar-refractivity contribution is 5.90. The van der Waals surface area contributed by atoms with Crippen LogP contribution in [0.3, 0.4) is 0 Å². The number of nitrogens with one attached hydrogen (secondary N) is 1. The molecular formula is C13H21N5O. The van der Waals surface area contributed by atoms with Gasteiger partial charge in [-0.2, -0.15) is 5.26 Å². The maximum absolute atomic E-state index is 12.3. The Bertz CT molecular complexity index is 446. The van der Waals surface area contributed by atoms with Gasteiger partial charge in [0.2, 0.25) is 5.82 Å². The third-order valence-electron chi connectivity index (χ3n) is 2.58. The van der Waals surface area contributed by atoms with Crippen LogP contribution >= 0.6 is 0 Å². The average Bonchev–Trinajstić information content (AvgIpc) is 2.82. The van der Waals surface area contributed by atoms with Gasteiger partial charge in [0.25, 0.3) is 5.91 Å². The number of aromatic nitrogens is 3. The lowest BCUT2D eigenvalue weighted by Gasteiger charge is -2.22. The maximum Gasteiger partial charge on any atom is 0.293 e. The van der Waals surface area contributed by atoms with E-state index in [1.165, 1.54) is 0 Å². The Hall–Kier alpha value is -1.90. The molecule has 0 aliphatic carbocycles. The van der Waals surface area contributed by atoms with Crippen LogP contribution in [-0.4, -0.2) is 39.1 Å². The fraction of sp³-hybridized carbons (Fsp3) is 0.692. The summed E-state index contributed by atoms with van der Waals surface area (Å²) >= 11 is 0. The number of carbonyl (C=O) groups is 1.